The minimum Gasteiger partial charge on any atom is -0.484 e. The molecule has 2 aromatic heterocycles. The van der Waals surface area contributed by atoms with Crippen LogP contribution in [0, 0.1) is 6.92 Å². The molecule has 1 aromatic carbocycles. The molecular formula is C17H15N5OS. The lowest BCUT2D eigenvalue weighted by molar-refractivity contribution is 0.375. The van der Waals surface area contributed by atoms with E-state index in [2.05, 4.69) is 20.3 Å². The largest absolute Gasteiger partial charge is 0.484 e. The van der Waals surface area contributed by atoms with E-state index in [0.717, 1.165) is 33.3 Å². The third-order valence-corrected chi connectivity index (χ3v) is 4.42. The van der Waals surface area contributed by atoms with Gasteiger partial charge in [-0.3, -0.25) is 0 Å². The van der Waals surface area contributed by atoms with Gasteiger partial charge in [0.1, 0.15) is 6.61 Å². The average molecular weight is 337 g/mol. The minimum absolute atomic E-state index is 0.469. The highest BCUT2D eigenvalue weighted by atomic mass is 32.1. The van der Waals surface area contributed by atoms with Crippen molar-refractivity contribution in [3.63, 3.8) is 0 Å². The van der Waals surface area contributed by atoms with Crippen LogP contribution in [0.4, 0.5) is 22.3 Å². The summed E-state index contributed by atoms with van der Waals surface area (Å²) in [5.41, 5.74) is 10.4. The van der Waals surface area contributed by atoms with E-state index in [4.69, 9.17) is 10.5 Å². The normalized spacial score (nSPS) is 12.5. The second-order valence-corrected chi connectivity index (χ2v) is 6.26. The average Bonchev–Trinajstić information content (AvgIpc) is 3.06. The summed E-state index contributed by atoms with van der Waals surface area (Å²) in [5, 5.41) is 6.10. The Morgan fingerprint density at radius 2 is 2.21 bits per heavy atom. The summed E-state index contributed by atoms with van der Waals surface area (Å²) in [6.07, 6.45) is 3.46. The maximum atomic E-state index is 5.85. The number of nitrogens with zero attached hydrogens (tertiary/aromatic N) is 3. The number of benzene rings is 1. The summed E-state index contributed by atoms with van der Waals surface area (Å²) in [5.74, 6) is 1.29. The number of pyridine rings is 1. The lowest BCUT2D eigenvalue weighted by atomic mass is 10.2. The lowest BCUT2D eigenvalue weighted by Gasteiger charge is -2.11. The van der Waals surface area contributed by atoms with Crippen molar-refractivity contribution in [2.24, 2.45) is 4.99 Å². The molecule has 3 aromatic rings. The Morgan fingerprint density at radius 1 is 1.29 bits per heavy atom. The second-order valence-electron chi connectivity index (χ2n) is 5.41. The number of thiazole rings is 1. The van der Waals surface area contributed by atoms with Crippen molar-refractivity contribution in [3.05, 3.63) is 41.4 Å². The van der Waals surface area contributed by atoms with Gasteiger partial charge in [-0.1, -0.05) is 6.07 Å². The monoisotopic (exact) mass is 337 g/mol. The molecule has 1 aliphatic rings. The SMILES string of the molecule is Cc1ccc(N)cc1Nc1nc(-c2cnc3c(c2)OCC=N3)cs1. The van der Waals surface area contributed by atoms with Gasteiger partial charge < -0.3 is 15.8 Å². The first kappa shape index (κ1) is 14.6. The summed E-state index contributed by atoms with van der Waals surface area (Å²) >= 11 is 1.53. The molecular weight excluding hydrogens is 322 g/mol. The number of nitrogens with one attached hydrogen (secondary N) is 1. The van der Waals surface area contributed by atoms with Gasteiger partial charge in [-0.2, -0.15) is 0 Å². The Labute approximate surface area is 143 Å². The molecule has 7 heteroatoms. The molecule has 6 nitrogen and oxygen atoms in total. The van der Waals surface area contributed by atoms with Crippen LogP contribution in [-0.2, 0) is 0 Å². The van der Waals surface area contributed by atoms with Gasteiger partial charge in [0.05, 0.1) is 5.69 Å². The molecule has 120 valence electrons. The van der Waals surface area contributed by atoms with Gasteiger partial charge in [-0.15, -0.1) is 11.3 Å². The first-order chi connectivity index (χ1) is 11.7. The van der Waals surface area contributed by atoms with E-state index in [0.29, 0.717) is 18.2 Å². The molecule has 1 aliphatic heterocycles. The van der Waals surface area contributed by atoms with Crippen LogP contribution in [0.15, 0.2) is 40.8 Å². The van der Waals surface area contributed by atoms with Gasteiger partial charge in [0.2, 0.25) is 0 Å². The van der Waals surface area contributed by atoms with Gasteiger partial charge in [0, 0.05) is 34.7 Å². The first-order valence-electron chi connectivity index (χ1n) is 7.43. The zero-order valence-corrected chi connectivity index (χ0v) is 13.8. The fourth-order valence-electron chi connectivity index (χ4n) is 2.38. The van der Waals surface area contributed by atoms with Crippen LogP contribution in [0.25, 0.3) is 11.3 Å². The molecule has 0 unspecified atom stereocenters. The van der Waals surface area contributed by atoms with Crippen molar-refractivity contribution in [1.29, 1.82) is 0 Å². The van der Waals surface area contributed by atoms with Gasteiger partial charge >= 0.3 is 0 Å². The van der Waals surface area contributed by atoms with Crippen LogP contribution in [-0.4, -0.2) is 22.8 Å². The van der Waals surface area contributed by atoms with E-state index in [-0.39, 0.29) is 0 Å². The summed E-state index contributed by atoms with van der Waals surface area (Å²) in [4.78, 5) is 13.2. The molecule has 0 amide bonds. The van der Waals surface area contributed by atoms with Crippen molar-refractivity contribution in [1.82, 2.24) is 9.97 Å². The van der Waals surface area contributed by atoms with Gasteiger partial charge in [0.15, 0.2) is 16.7 Å². The molecule has 0 fully saturated rings. The third kappa shape index (κ3) is 2.81. The molecule has 0 saturated carbocycles. The zero-order valence-electron chi connectivity index (χ0n) is 13.0. The summed E-state index contributed by atoms with van der Waals surface area (Å²) in [7, 11) is 0. The van der Waals surface area contributed by atoms with E-state index in [9.17, 15) is 0 Å². The number of aryl methyl sites for hydroxylation is 1. The van der Waals surface area contributed by atoms with Crippen LogP contribution < -0.4 is 15.8 Å². The number of anilines is 3. The Kier molecular flexibility index (Phi) is 3.62. The molecule has 0 atom stereocenters. The van der Waals surface area contributed by atoms with E-state index < -0.39 is 0 Å². The summed E-state index contributed by atoms with van der Waals surface area (Å²) in [6.45, 7) is 2.50. The fourth-order valence-corrected chi connectivity index (χ4v) is 3.12. The Morgan fingerprint density at radius 3 is 3.12 bits per heavy atom. The third-order valence-electron chi connectivity index (χ3n) is 3.66. The zero-order chi connectivity index (χ0) is 16.5. The van der Waals surface area contributed by atoms with Crippen LogP contribution in [0.1, 0.15) is 5.56 Å². The molecule has 0 aliphatic carbocycles. The number of hydrogen-bond donors (Lipinski definition) is 2. The number of rotatable bonds is 3. The van der Waals surface area contributed by atoms with Crippen LogP contribution in [0.5, 0.6) is 5.75 Å². The molecule has 24 heavy (non-hydrogen) atoms. The van der Waals surface area contributed by atoms with Crippen molar-refractivity contribution >= 4 is 39.9 Å². The fraction of sp³-hybridized carbons (Fsp3) is 0.118. The van der Waals surface area contributed by atoms with Crippen molar-refractivity contribution in [3.8, 4) is 17.0 Å². The topological polar surface area (TPSA) is 85.4 Å². The van der Waals surface area contributed by atoms with Crippen molar-refractivity contribution in [2.75, 3.05) is 17.7 Å². The number of fused-ring (bicyclic) bond motifs is 1. The molecule has 0 bridgehead atoms. The van der Waals surface area contributed by atoms with Gasteiger partial charge in [-0.25, -0.2) is 15.0 Å². The Balaban J connectivity index is 1.61. The highest BCUT2D eigenvalue weighted by Gasteiger charge is 2.12. The predicted molar refractivity (Wildman–Crippen MR) is 97.9 cm³/mol. The van der Waals surface area contributed by atoms with Crippen LogP contribution >= 0.6 is 11.3 Å². The maximum absolute atomic E-state index is 5.85. The van der Waals surface area contributed by atoms with E-state index in [1.54, 1.807) is 12.4 Å². The molecule has 0 spiro atoms. The minimum atomic E-state index is 0.469. The molecule has 3 N–H and O–H groups in total. The number of aromatic nitrogens is 2. The highest BCUT2D eigenvalue weighted by Crippen LogP contribution is 2.34. The van der Waals surface area contributed by atoms with Crippen molar-refractivity contribution in [2.45, 2.75) is 6.92 Å². The number of nitrogens with two attached hydrogens (primary N) is 1. The van der Waals surface area contributed by atoms with Gasteiger partial charge in [0.25, 0.3) is 0 Å². The molecule has 3 heterocycles. The maximum Gasteiger partial charge on any atom is 0.194 e. The second kappa shape index (κ2) is 5.93. The standard InChI is InChI=1S/C17H15N5OS/c1-10-2-3-12(18)7-13(10)21-17-22-14(9-24-17)11-6-15-16(20-8-11)19-4-5-23-15/h2-4,6-9H,5,18H2,1H3,(H,21,22). The van der Waals surface area contributed by atoms with Gasteiger partial charge in [-0.05, 0) is 30.7 Å². The van der Waals surface area contributed by atoms with E-state index >= 15 is 0 Å². The highest BCUT2D eigenvalue weighted by molar-refractivity contribution is 7.14. The van der Waals surface area contributed by atoms with Crippen LogP contribution in [0.3, 0.4) is 0 Å². The number of hydrogen-bond acceptors (Lipinski definition) is 7. The van der Waals surface area contributed by atoms with Crippen molar-refractivity contribution < 1.29 is 4.74 Å². The smallest absolute Gasteiger partial charge is 0.194 e. The Hall–Kier alpha value is -2.93. The number of aliphatic imine (C=N–C) groups is 1. The first-order valence-corrected chi connectivity index (χ1v) is 8.31. The summed E-state index contributed by atoms with van der Waals surface area (Å²) in [6, 6.07) is 7.69. The molecule has 0 radical (unpaired) electrons. The number of ether oxygens (including phenoxy) is 1. The lowest BCUT2D eigenvalue weighted by Crippen LogP contribution is -2.03. The molecule has 4 rings (SSSR count). The van der Waals surface area contributed by atoms with Crippen LogP contribution in [0.2, 0.25) is 0 Å². The van der Waals surface area contributed by atoms with E-state index in [1.165, 1.54) is 11.3 Å². The summed E-state index contributed by atoms with van der Waals surface area (Å²) < 4.78 is 5.55. The molecule has 0 saturated heterocycles. The number of nitrogen functional groups attached to an aromatic ring is 1. The quantitative estimate of drug-likeness (QED) is 0.707. The predicted octanol–water partition coefficient (Wildman–Crippen LogP) is 3.93. The Bertz CT molecular complexity index is 934. The van der Waals surface area contributed by atoms with E-state index in [1.807, 2.05) is 36.6 Å².